The average molecular weight is 645 g/mol. The van der Waals surface area contributed by atoms with E-state index in [0.717, 1.165) is 6.07 Å². The molecule has 0 aliphatic rings. The van der Waals surface area contributed by atoms with Crippen molar-refractivity contribution >= 4 is 80.3 Å². The van der Waals surface area contributed by atoms with Gasteiger partial charge in [-0.05, 0) is 66.7 Å². The van der Waals surface area contributed by atoms with Crippen LogP contribution in [0, 0.1) is 0 Å². The van der Waals surface area contributed by atoms with Crippen LogP contribution >= 0.6 is 0 Å². The van der Waals surface area contributed by atoms with E-state index in [9.17, 15) is 38.9 Å². The van der Waals surface area contributed by atoms with Crippen LogP contribution < -0.4 is 16.6 Å². The molecule has 0 spiro atoms. The number of nitrogens with one attached hydrogen (secondary N) is 1. The smallest absolute Gasteiger partial charge is 0.294 e. The second kappa shape index (κ2) is 11.0. The Hall–Kier alpha value is -4.49. The normalized spacial score (nSPS) is 12.7. The van der Waals surface area contributed by atoms with Gasteiger partial charge in [-0.15, -0.1) is 5.11 Å². The summed E-state index contributed by atoms with van der Waals surface area (Å²) in [5.41, 5.74) is 12.3. The molecule has 0 radical (unpaired) electrons. The fraction of sp³-hybridized carbons (Fsp3) is 0. The number of hydrogen-bond acceptors (Lipinski definition) is 10. The molecule has 5 rings (SSSR count). The first-order chi connectivity index (χ1) is 20.1. The Morgan fingerprint density at radius 1 is 0.605 bits per heavy atom. The van der Waals surface area contributed by atoms with Gasteiger partial charge < -0.3 is 5.73 Å². The molecule has 8 N–H and O–H groups in total. The molecule has 5 aromatic rings. The summed E-state index contributed by atoms with van der Waals surface area (Å²) in [4.78, 5) is -1.07. The van der Waals surface area contributed by atoms with Crippen molar-refractivity contribution in [1.29, 1.82) is 0 Å². The summed E-state index contributed by atoms with van der Waals surface area (Å²) in [6.45, 7) is 0. The maximum absolute atomic E-state index is 11.9. The Kier molecular flexibility index (Phi) is 7.65. The van der Waals surface area contributed by atoms with Crippen LogP contribution in [-0.2, 0) is 30.4 Å². The quantitative estimate of drug-likeness (QED) is 0.0464. The maximum atomic E-state index is 11.9. The van der Waals surface area contributed by atoms with E-state index in [-0.39, 0.29) is 31.7 Å². The molecule has 0 fully saturated rings. The van der Waals surface area contributed by atoms with E-state index in [1.807, 2.05) is 0 Å². The van der Waals surface area contributed by atoms with Crippen LogP contribution in [0.25, 0.3) is 21.5 Å². The molecule has 0 aliphatic carbocycles. The molecule has 0 amide bonds. The van der Waals surface area contributed by atoms with Crippen LogP contribution in [0.3, 0.4) is 0 Å². The number of anilines is 2. The van der Waals surface area contributed by atoms with E-state index in [4.69, 9.17) is 5.73 Å². The highest BCUT2D eigenvalue weighted by Gasteiger charge is 2.17. The lowest BCUT2D eigenvalue weighted by atomic mass is 10.1. The molecule has 17 heteroatoms. The molecule has 0 saturated carbocycles. The lowest BCUT2D eigenvalue weighted by molar-refractivity contribution is -0.536. The molecule has 0 heterocycles. The molecule has 14 nitrogen and oxygen atoms in total. The van der Waals surface area contributed by atoms with Crippen molar-refractivity contribution in [2.24, 2.45) is 10.2 Å². The third-order valence-corrected chi connectivity index (χ3v) is 8.94. The van der Waals surface area contributed by atoms with E-state index in [2.05, 4.69) is 15.7 Å². The van der Waals surface area contributed by atoms with Crippen molar-refractivity contribution in [2.75, 3.05) is 11.2 Å². The summed E-state index contributed by atoms with van der Waals surface area (Å²) in [7, 11) is -13.5. The lowest BCUT2D eigenvalue weighted by Crippen LogP contribution is -2.82. The minimum absolute atomic E-state index is 0.126. The first-order valence-electron chi connectivity index (χ1n) is 12.0. The van der Waals surface area contributed by atoms with E-state index in [0.29, 0.717) is 32.9 Å². The van der Waals surface area contributed by atoms with Crippen molar-refractivity contribution in [3.63, 3.8) is 0 Å². The summed E-state index contributed by atoms with van der Waals surface area (Å²) in [5.74, 6) is 0. The summed E-state index contributed by atoms with van der Waals surface area (Å²) < 4.78 is 98.3. The van der Waals surface area contributed by atoms with Gasteiger partial charge in [0, 0.05) is 33.3 Å². The van der Waals surface area contributed by atoms with Gasteiger partial charge in [0.15, 0.2) is 5.69 Å². The number of nitrogen functional groups attached to an aromatic ring is 2. The van der Waals surface area contributed by atoms with E-state index < -0.39 is 30.4 Å². The zero-order valence-electron chi connectivity index (χ0n) is 21.6. The number of azo groups is 1. The van der Waals surface area contributed by atoms with Crippen LogP contribution in [0.1, 0.15) is 0 Å². The minimum Gasteiger partial charge on any atom is -0.398 e. The van der Waals surface area contributed by atoms with Crippen LogP contribution in [0.2, 0.25) is 0 Å². The molecular formula is C26H22N5O9S3+. The van der Waals surface area contributed by atoms with E-state index in [1.54, 1.807) is 29.7 Å². The van der Waals surface area contributed by atoms with E-state index >= 15 is 0 Å². The summed E-state index contributed by atoms with van der Waals surface area (Å²) in [5, 5.41) is 9.88. The molecule has 43 heavy (non-hydrogen) atoms. The van der Waals surface area contributed by atoms with Gasteiger partial charge in [-0.3, -0.25) is 13.7 Å². The second-order valence-corrected chi connectivity index (χ2v) is 13.5. The fourth-order valence-corrected chi connectivity index (χ4v) is 5.85. The zero-order valence-corrected chi connectivity index (χ0v) is 24.1. The van der Waals surface area contributed by atoms with Gasteiger partial charge in [-0.2, -0.15) is 30.4 Å². The Balaban J connectivity index is 1.55. The predicted molar refractivity (Wildman–Crippen MR) is 158 cm³/mol. The molecule has 0 aliphatic heterocycles. The largest absolute Gasteiger partial charge is 0.398 e. The minimum atomic E-state index is -4.57. The molecule has 5 aromatic carbocycles. The summed E-state index contributed by atoms with van der Waals surface area (Å²) in [6, 6.07) is 19.3. The van der Waals surface area contributed by atoms with Gasteiger partial charge in [0.25, 0.3) is 30.4 Å². The Morgan fingerprint density at radius 3 is 1.86 bits per heavy atom. The molecular weight excluding hydrogens is 623 g/mol. The van der Waals surface area contributed by atoms with Gasteiger partial charge in [0.1, 0.15) is 0 Å². The van der Waals surface area contributed by atoms with Crippen molar-refractivity contribution in [3.8, 4) is 0 Å². The molecule has 0 saturated heterocycles. The Labute approximate surface area is 245 Å². The van der Waals surface area contributed by atoms with Crippen LogP contribution in [0.15, 0.2) is 110 Å². The fourth-order valence-electron chi connectivity index (χ4n) is 4.32. The van der Waals surface area contributed by atoms with Crippen LogP contribution in [-0.4, -0.2) is 38.9 Å². The highest BCUT2D eigenvalue weighted by Crippen LogP contribution is 2.35. The maximum Gasteiger partial charge on any atom is 0.294 e. The van der Waals surface area contributed by atoms with Gasteiger partial charge in [0.2, 0.25) is 0 Å². The van der Waals surface area contributed by atoms with Crippen LogP contribution in [0.5, 0.6) is 0 Å². The standard InChI is InChI=1S/C26H21N5O9S3/c27-23-8-9-24(19-6-4-17(13-21(19)23)42(35,36)37)30-31-26-11-10-25(20-7-5-18(14-22(20)26)43(38,39)40)29-28-15-2-1-3-16(12-15)41(32,33)34/h1-14,30-31H,27H2,(H,32,33,34)(H,35,36,37)(H,38,39,40)/p+1. The molecule has 222 valence electrons. The summed E-state index contributed by atoms with van der Waals surface area (Å²) in [6.07, 6.45) is 0. The van der Waals surface area contributed by atoms with Crippen molar-refractivity contribution in [2.45, 2.75) is 14.7 Å². The van der Waals surface area contributed by atoms with Gasteiger partial charge in [0.05, 0.1) is 31.7 Å². The van der Waals surface area contributed by atoms with Crippen molar-refractivity contribution in [1.82, 2.24) is 0 Å². The number of nitrogens with zero attached hydrogens (tertiary/aromatic N) is 2. The highest BCUT2D eigenvalue weighted by molar-refractivity contribution is 7.86. The number of rotatable bonds is 8. The second-order valence-electron chi connectivity index (χ2n) is 9.20. The number of nitrogens with two attached hydrogens (primary N) is 2. The van der Waals surface area contributed by atoms with E-state index in [1.165, 1.54) is 54.6 Å². The van der Waals surface area contributed by atoms with Gasteiger partial charge in [-0.25, -0.2) is 10.9 Å². The average Bonchev–Trinajstić information content (AvgIpc) is 2.94. The first-order valence-corrected chi connectivity index (χ1v) is 16.4. The number of fused-ring (bicyclic) bond motifs is 2. The summed E-state index contributed by atoms with van der Waals surface area (Å²) >= 11 is 0. The third kappa shape index (κ3) is 6.47. The predicted octanol–water partition coefficient (Wildman–Crippen LogP) is 3.95. The Bertz CT molecular complexity index is 2290. The lowest BCUT2D eigenvalue weighted by Gasteiger charge is -2.12. The Morgan fingerprint density at radius 2 is 1.21 bits per heavy atom. The monoisotopic (exact) mass is 644 g/mol. The third-order valence-electron chi connectivity index (χ3n) is 6.39. The SMILES string of the molecule is Nc1ccc([NH2+]Nc2ccc(N=Nc3cccc(S(=O)(=O)O)c3)c3ccc(S(=O)(=O)O)cc23)c2ccc(S(=O)(=O)O)cc12. The zero-order chi connectivity index (χ0) is 31.2. The number of quaternary nitrogens is 1. The van der Waals surface area contributed by atoms with Gasteiger partial charge in [-0.1, -0.05) is 12.1 Å². The van der Waals surface area contributed by atoms with Crippen LogP contribution in [0.4, 0.5) is 28.4 Å². The molecule has 0 unspecified atom stereocenters. The molecule has 0 aromatic heterocycles. The first kappa shape index (κ1) is 30.0. The van der Waals surface area contributed by atoms with Gasteiger partial charge >= 0.3 is 0 Å². The number of hydrogen-bond donors (Lipinski definition) is 6. The molecule has 0 bridgehead atoms. The number of benzene rings is 5. The highest BCUT2D eigenvalue weighted by atomic mass is 32.2. The van der Waals surface area contributed by atoms with Crippen molar-refractivity contribution in [3.05, 3.63) is 84.9 Å². The molecule has 0 atom stereocenters. The topological polar surface area (TPSA) is 242 Å². The van der Waals surface area contributed by atoms with Crippen molar-refractivity contribution < 1.29 is 44.3 Å².